The van der Waals surface area contributed by atoms with Gasteiger partial charge in [-0.15, -0.1) is 13.2 Å². The van der Waals surface area contributed by atoms with E-state index in [4.69, 9.17) is 9.47 Å². The van der Waals surface area contributed by atoms with Crippen molar-refractivity contribution < 1.29 is 19.4 Å². The molecule has 0 bridgehead atoms. The monoisotopic (exact) mass is 374 g/mol. The maximum atomic E-state index is 12.0. The first kappa shape index (κ1) is 22.8. The van der Waals surface area contributed by atoms with Crippen LogP contribution in [0, 0.1) is 5.92 Å². The fourth-order valence-corrected chi connectivity index (χ4v) is 3.39. The lowest BCUT2D eigenvalue weighted by atomic mass is 9.81. The molecule has 0 heterocycles. The molecule has 0 aromatic heterocycles. The maximum Gasteiger partial charge on any atom is 0.307 e. The van der Waals surface area contributed by atoms with Gasteiger partial charge in [0.15, 0.2) is 0 Å². The van der Waals surface area contributed by atoms with Gasteiger partial charge in [-0.2, -0.15) is 0 Å². The number of methoxy groups -OCH3 is 2. The quantitative estimate of drug-likeness (QED) is 0.352. The maximum absolute atomic E-state index is 12.0. The Kier molecular flexibility index (Phi) is 9.70. The van der Waals surface area contributed by atoms with Gasteiger partial charge in [0, 0.05) is 11.5 Å². The van der Waals surface area contributed by atoms with Crippen molar-refractivity contribution in [3.05, 3.63) is 48.1 Å². The standard InChI is InChI=1S/C23H34O4/c1-7-9-10-11-17-14-20(26-5)22(21(15-17)27-6)18(8-2)19(23(24)25)13-12-16(3)4/h8,14-15,18-19H,2-3,7,9-13H2,1,4-6H3,(H,24,25)/t18-,19+/m1/s1. The van der Waals surface area contributed by atoms with E-state index in [1.165, 1.54) is 6.42 Å². The predicted octanol–water partition coefficient (Wildman–Crippen LogP) is 5.76. The first-order chi connectivity index (χ1) is 12.9. The lowest BCUT2D eigenvalue weighted by Crippen LogP contribution is -2.22. The second kappa shape index (κ2) is 11.5. The summed E-state index contributed by atoms with van der Waals surface area (Å²) < 4.78 is 11.3. The molecule has 4 nitrogen and oxygen atoms in total. The van der Waals surface area contributed by atoms with Crippen molar-refractivity contribution in [1.82, 2.24) is 0 Å². The highest BCUT2D eigenvalue weighted by Gasteiger charge is 2.31. The molecule has 2 atom stereocenters. The highest BCUT2D eigenvalue weighted by atomic mass is 16.5. The van der Waals surface area contributed by atoms with E-state index < -0.39 is 17.8 Å². The van der Waals surface area contributed by atoms with E-state index in [1.54, 1.807) is 20.3 Å². The number of ether oxygens (including phenoxy) is 2. The molecule has 1 rings (SSSR count). The fourth-order valence-electron chi connectivity index (χ4n) is 3.39. The molecular weight excluding hydrogens is 340 g/mol. The van der Waals surface area contributed by atoms with Crippen molar-refractivity contribution >= 4 is 5.97 Å². The molecule has 0 unspecified atom stereocenters. The number of benzene rings is 1. The van der Waals surface area contributed by atoms with E-state index in [2.05, 4.69) is 20.1 Å². The normalized spacial score (nSPS) is 12.9. The highest BCUT2D eigenvalue weighted by molar-refractivity contribution is 5.73. The van der Waals surface area contributed by atoms with Crippen LogP contribution >= 0.6 is 0 Å². The van der Waals surface area contributed by atoms with Crippen LogP contribution in [0.1, 0.15) is 63.0 Å². The van der Waals surface area contributed by atoms with Crippen molar-refractivity contribution in [1.29, 1.82) is 0 Å². The van der Waals surface area contributed by atoms with Crippen molar-refractivity contribution in [2.75, 3.05) is 14.2 Å². The Morgan fingerprint density at radius 1 is 1.22 bits per heavy atom. The van der Waals surface area contributed by atoms with Gasteiger partial charge >= 0.3 is 5.97 Å². The molecule has 0 aliphatic heterocycles. The van der Waals surface area contributed by atoms with Crippen LogP contribution in [0.2, 0.25) is 0 Å². The summed E-state index contributed by atoms with van der Waals surface area (Å²) in [6, 6.07) is 4.00. The minimum atomic E-state index is -0.850. The van der Waals surface area contributed by atoms with Crippen molar-refractivity contribution in [3.8, 4) is 11.5 Å². The summed E-state index contributed by atoms with van der Waals surface area (Å²) in [5.41, 5.74) is 2.86. The minimum Gasteiger partial charge on any atom is -0.496 e. The Balaban J connectivity index is 3.33. The van der Waals surface area contributed by atoms with Gasteiger partial charge in [-0.05, 0) is 50.3 Å². The molecule has 0 saturated carbocycles. The molecule has 0 aliphatic rings. The molecule has 27 heavy (non-hydrogen) atoms. The molecule has 1 N–H and O–H groups in total. The molecular formula is C23H34O4. The van der Waals surface area contributed by atoms with Crippen LogP contribution in [0.3, 0.4) is 0 Å². The van der Waals surface area contributed by atoms with Gasteiger partial charge in [-0.3, -0.25) is 4.79 Å². The van der Waals surface area contributed by atoms with Crippen LogP contribution in [-0.4, -0.2) is 25.3 Å². The molecule has 0 amide bonds. The summed E-state index contributed by atoms with van der Waals surface area (Å²) in [5, 5.41) is 9.81. The van der Waals surface area contributed by atoms with E-state index in [1.807, 2.05) is 19.1 Å². The molecule has 0 fully saturated rings. The lowest BCUT2D eigenvalue weighted by Gasteiger charge is -2.26. The third-order valence-electron chi connectivity index (χ3n) is 4.89. The average molecular weight is 375 g/mol. The van der Waals surface area contributed by atoms with Crippen LogP contribution in [0.4, 0.5) is 0 Å². The number of unbranched alkanes of at least 4 members (excludes halogenated alkanes) is 2. The Labute approximate surface area is 163 Å². The van der Waals surface area contributed by atoms with Crippen LogP contribution < -0.4 is 9.47 Å². The minimum absolute atomic E-state index is 0.406. The third-order valence-corrected chi connectivity index (χ3v) is 4.89. The molecule has 1 aromatic rings. The predicted molar refractivity (Wildman–Crippen MR) is 111 cm³/mol. The second-order valence-electron chi connectivity index (χ2n) is 7.07. The summed E-state index contributed by atoms with van der Waals surface area (Å²) in [5.74, 6) is -0.554. The second-order valence-corrected chi connectivity index (χ2v) is 7.07. The smallest absolute Gasteiger partial charge is 0.307 e. The summed E-state index contributed by atoms with van der Waals surface area (Å²) in [4.78, 5) is 12.0. The largest absolute Gasteiger partial charge is 0.496 e. The average Bonchev–Trinajstić information content (AvgIpc) is 2.64. The zero-order valence-corrected chi connectivity index (χ0v) is 17.2. The van der Waals surface area contributed by atoms with Crippen molar-refractivity contribution in [3.63, 3.8) is 0 Å². The van der Waals surface area contributed by atoms with Crippen LogP contribution in [0.15, 0.2) is 36.9 Å². The van der Waals surface area contributed by atoms with Gasteiger partial charge < -0.3 is 14.6 Å². The SMILES string of the molecule is C=C[C@@H](c1c(OC)cc(CCCCC)cc1OC)[C@H](CCC(=C)C)C(=O)O. The number of carbonyl (C=O) groups is 1. The van der Waals surface area contributed by atoms with E-state index >= 15 is 0 Å². The number of carboxylic acids is 1. The van der Waals surface area contributed by atoms with Gasteiger partial charge in [-0.1, -0.05) is 31.4 Å². The number of hydrogen-bond donors (Lipinski definition) is 1. The van der Waals surface area contributed by atoms with Gasteiger partial charge in [0.25, 0.3) is 0 Å². The highest BCUT2D eigenvalue weighted by Crippen LogP contribution is 2.42. The van der Waals surface area contributed by atoms with Crippen LogP contribution in [-0.2, 0) is 11.2 Å². The van der Waals surface area contributed by atoms with Gasteiger partial charge in [0.1, 0.15) is 11.5 Å². The molecule has 4 heteroatoms. The fraction of sp³-hybridized carbons (Fsp3) is 0.522. The number of rotatable bonds is 13. The summed E-state index contributed by atoms with van der Waals surface area (Å²) in [6.45, 7) is 11.9. The summed E-state index contributed by atoms with van der Waals surface area (Å²) in [7, 11) is 3.22. The van der Waals surface area contributed by atoms with Gasteiger partial charge in [0.2, 0.25) is 0 Å². The van der Waals surface area contributed by atoms with Gasteiger partial charge in [0.05, 0.1) is 20.1 Å². The van der Waals surface area contributed by atoms with Crippen molar-refractivity contribution in [2.24, 2.45) is 5.92 Å². The Bertz CT molecular complexity index is 623. The number of aryl methyl sites for hydroxylation is 1. The Morgan fingerprint density at radius 2 is 1.81 bits per heavy atom. The van der Waals surface area contributed by atoms with Gasteiger partial charge in [-0.25, -0.2) is 0 Å². The number of aliphatic carboxylic acids is 1. The molecule has 0 saturated heterocycles. The Morgan fingerprint density at radius 3 is 2.22 bits per heavy atom. The van der Waals surface area contributed by atoms with Crippen LogP contribution in [0.25, 0.3) is 0 Å². The molecule has 1 aromatic carbocycles. The van der Waals surface area contributed by atoms with Crippen molar-refractivity contribution in [2.45, 2.75) is 58.3 Å². The number of carboxylic acid groups (broad SMARTS) is 1. The first-order valence-electron chi connectivity index (χ1n) is 9.64. The number of allylic oxidation sites excluding steroid dienone is 2. The summed E-state index contributed by atoms with van der Waals surface area (Å²) >= 11 is 0. The molecule has 0 radical (unpaired) electrons. The molecule has 0 aliphatic carbocycles. The topological polar surface area (TPSA) is 55.8 Å². The molecule has 150 valence electrons. The summed E-state index contributed by atoms with van der Waals surface area (Å²) in [6.07, 6.45) is 7.21. The number of hydrogen-bond acceptors (Lipinski definition) is 3. The van der Waals surface area contributed by atoms with E-state index in [-0.39, 0.29) is 0 Å². The third kappa shape index (κ3) is 6.46. The van der Waals surface area contributed by atoms with E-state index in [0.29, 0.717) is 24.3 Å². The lowest BCUT2D eigenvalue weighted by molar-refractivity contribution is -0.142. The zero-order chi connectivity index (χ0) is 20.4. The Hall–Kier alpha value is -2.23. The van der Waals surface area contributed by atoms with E-state index in [9.17, 15) is 9.90 Å². The molecule has 0 spiro atoms. The van der Waals surface area contributed by atoms with E-state index in [0.717, 1.165) is 36.0 Å². The zero-order valence-electron chi connectivity index (χ0n) is 17.2. The first-order valence-corrected chi connectivity index (χ1v) is 9.64. The van der Waals surface area contributed by atoms with Crippen LogP contribution in [0.5, 0.6) is 11.5 Å².